The normalized spacial score (nSPS) is 43.5. The minimum atomic E-state index is -0.102. The van der Waals surface area contributed by atoms with Crippen LogP contribution in [0.1, 0.15) is 92.4 Å². The van der Waals surface area contributed by atoms with Gasteiger partial charge in [-0.3, -0.25) is 0 Å². The molecule has 3 fully saturated rings. The molecule has 1 N–H and O–H groups in total. The predicted octanol–water partition coefficient (Wildman–Crippen LogP) is 7.65. The van der Waals surface area contributed by atoms with E-state index in [9.17, 15) is 5.11 Å². The van der Waals surface area contributed by atoms with E-state index in [1.807, 2.05) is 0 Å². The average molecular weight is 427 g/mol. The van der Waals surface area contributed by atoms with Crippen LogP contribution in [-0.4, -0.2) is 11.2 Å². The molecule has 3 saturated carbocycles. The Morgan fingerprint density at radius 1 is 1.16 bits per heavy atom. The van der Waals surface area contributed by atoms with E-state index in [0.717, 1.165) is 48.7 Å². The zero-order valence-electron chi connectivity index (χ0n) is 20.7. The summed E-state index contributed by atoms with van der Waals surface area (Å²) in [4.78, 5) is 0. The molecule has 0 aromatic carbocycles. The molecule has 4 rings (SSSR count). The maximum absolute atomic E-state index is 10.2. The van der Waals surface area contributed by atoms with Gasteiger partial charge in [-0.15, -0.1) is 0 Å². The molecule has 2 heteroatoms. The van der Waals surface area contributed by atoms with Crippen molar-refractivity contribution in [1.29, 1.82) is 0 Å². The number of aliphatic hydroxyl groups excluding tert-OH is 1. The van der Waals surface area contributed by atoms with Gasteiger partial charge in [0, 0.05) is 5.92 Å². The Morgan fingerprint density at radius 3 is 2.65 bits per heavy atom. The molecule has 0 aromatic rings. The van der Waals surface area contributed by atoms with Gasteiger partial charge in [0.25, 0.3) is 0 Å². The summed E-state index contributed by atoms with van der Waals surface area (Å²) in [5, 5.41) is 10.2. The molecule has 8 atom stereocenters. The van der Waals surface area contributed by atoms with Crippen LogP contribution in [0, 0.1) is 46.3 Å². The highest BCUT2D eigenvalue weighted by molar-refractivity contribution is 5.25. The summed E-state index contributed by atoms with van der Waals surface area (Å²) >= 11 is 0. The maximum Gasteiger partial charge on any atom is 0.102 e. The van der Waals surface area contributed by atoms with E-state index >= 15 is 0 Å². The Labute approximate surface area is 191 Å². The van der Waals surface area contributed by atoms with Crippen molar-refractivity contribution in [3.8, 4) is 0 Å². The third-order valence-corrected chi connectivity index (χ3v) is 10.3. The number of hydrogen-bond donors (Lipinski definition) is 1. The summed E-state index contributed by atoms with van der Waals surface area (Å²) in [6.45, 7) is 15.8. The molecular weight excluding hydrogens is 380 g/mol. The highest BCUT2D eigenvalue weighted by Crippen LogP contribution is 2.67. The molecule has 0 amide bonds. The molecule has 2 nitrogen and oxygen atoms in total. The lowest BCUT2D eigenvalue weighted by molar-refractivity contribution is -0.0565. The van der Waals surface area contributed by atoms with E-state index in [1.165, 1.54) is 38.5 Å². The van der Waals surface area contributed by atoms with Crippen LogP contribution in [0.5, 0.6) is 0 Å². The van der Waals surface area contributed by atoms with Crippen molar-refractivity contribution in [1.82, 2.24) is 0 Å². The first-order valence-corrected chi connectivity index (χ1v) is 13.1. The molecule has 0 spiro atoms. The van der Waals surface area contributed by atoms with Gasteiger partial charge < -0.3 is 9.84 Å². The molecule has 0 aliphatic heterocycles. The van der Waals surface area contributed by atoms with Gasteiger partial charge in [0.05, 0.1) is 12.4 Å². The first kappa shape index (κ1) is 23.1. The fourth-order valence-electron chi connectivity index (χ4n) is 8.60. The highest BCUT2D eigenvalue weighted by atomic mass is 16.5. The second-order valence-corrected chi connectivity index (χ2v) is 12.1. The second-order valence-electron chi connectivity index (χ2n) is 12.1. The smallest absolute Gasteiger partial charge is 0.102 e. The third-order valence-electron chi connectivity index (χ3n) is 10.3. The number of rotatable bonds is 6. The van der Waals surface area contributed by atoms with E-state index in [2.05, 4.69) is 53.3 Å². The van der Waals surface area contributed by atoms with Crippen LogP contribution in [0.2, 0.25) is 0 Å². The van der Waals surface area contributed by atoms with E-state index in [4.69, 9.17) is 4.74 Å². The Kier molecular flexibility index (Phi) is 6.52. The molecular formula is C29H46O2. The Hall–Kier alpha value is -1.02. The largest absolute Gasteiger partial charge is 0.470 e. The van der Waals surface area contributed by atoms with E-state index in [-0.39, 0.29) is 6.10 Å². The quantitative estimate of drug-likeness (QED) is 0.349. The van der Waals surface area contributed by atoms with Gasteiger partial charge in [0.1, 0.15) is 5.76 Å². The minimum absolute atomic E-state index is 0.102. The van der Waals surface area contributed by atoms with Crippen molar-refractivity contribution in [2.24, 2.45) is 46.3 Å². The molecule has 31 heavy (non-hydrogen) atoms. The summed E-state index contributed by atoms with van der Waals surface area (Å²) in [6, 6.07) is 0. The van der Waals surface area contributed by atoms with Crippen LogP contribution in [0.3, 0.4) is 0 Å². The van der Waals surface area contributed by atoms with Crippen LogP contribution in [0.15, 0.2) is 36.3 Å². The van der Waals surface area contributed by atoms with Crippen molar-refractivity contribution in [3.05, 3.63) is 36.3 Å². The number of allylic oxidation sites excluding steroid dienone is 3. The molecule has 4 aliphatic carbocycles. The number of ether oxygens (including phenoxy) is 1. The van der Waals surface area contributed by atoms with E-state index in [0.29, 0.717) is 22.7 Å². The van der Waals surface area contributed by atoms with Gasteiger partial charge in [-0.05, 0) is 104 Å². The summed E-state index contributed by atoms with van der Waals surface area (Å²) in [5.74, 6) is 5.56. The van der Waals surface area contributed by atoms with Crippen LogP contribution in [0.4, 0.5) is 0 Å². The lowest BCUT2D eigenvalue weighted by Gasteiger charge is -2.58. The average Bonchev–Trinajstić information content (AvgIpc) is 3.08. The fraction of sp³-hybridized carbons (Fsp3) is 0.793. The van der Waals surface area contributed by atoms with Gasteiger partial charge in [-0.2, -0.15) is 0 Å². The summed E-state index contributed by atoms with van der Waals surface area (Å²) < 4.78 is 5.69. The number of aliphatic hydroxyl groups is 1. The van der Waals surface area contributed by atoms with Gasteiger partial charge in [0.15, 0.2) is 0 Å². The number of fused-ring (bicyclic) bond motifs is 5. The van der Waals surface area contributed by atoms with Gasteiger partial charge >= 0.3 is 0 Å². The van der Waals surface area contributed by atoms with Gasteiger partial charge in [-0.25, -0.2) is 0 Å². The second kappa shape index (κ2) is 8.73. The predicted molar refractivity (Wildman–Crippen MR) is 129 cm³/mol. The van der Waals surface area contributed by atoms with E-state index in [1.54, 1.807) is 11.8 Å². The molecule has 0 heterocycles. The first-order valence-electron chi connectivity index (χ1n) is 13.1. The molecule has 4 aliphatic rings. The number of hydrogen-bond acceptors (Lipinski definition) is 2. The Balaban J connectivity index is 1.50. The maximum atomic E-state index is 10.2. The van der Waals surface area contributed by atoms with Crippen LogP contribution < -0.4 is 0 Å². The highest BCUT2D eigenvalue weighted by Gasteiger charge is 2.59. The lowest BCUT2D eigenvalue weighted by atomic mass is 9.47. The molecule has 0 radical (unpaired) electrons. The summed E-state index contributed by atoms with van der Waals surface area (Å²) in [6.07, 6.45) is 17.4. The molecule has 0 bridgehead atoms. The van der Waals surface area contributed by atoms with Crippen LogP contribution in [-0.2, 0) is 4.74 Å². The fourth-order valence-corrected chi connectivity index (χ4v) is 8.60. The molecule has 0 aromatic heterocycles. The standard InChI is InChI=1S/C29H46O2/c1-7-31-27(19(2)3)13-8-20(4)24-11-12-25-23-10-9-21-18-22(30)14-16-28(21,5)26(23)15-17-29(24,25)6/h7,9,13,19-20,22-26,30H,1,8,10-12,14-18H2,2-6H3/b27-13-/t20-,22+,23+,24-,25+,26+,28+,29-/m1/s1. The van der Waals surface area contributed by atoms with Crippen molar-refractivity contribution in [3.63, 3.8) is 0 Å². The topological polar surface area (TPSA) is 29.5 Å². The Morgan fingerprint density at radius 2 is 1.94 bits per heavy atom. The van der Waals surface area contributed by atoms with Gasteiger partial charge in [0.2, 0.25) is 0 Å². The first-order chi connectivity index (χ1) is 14.7. The van der Waals surface area contributed by atoms with Crippen molar-refractivity contribution in [2.75, 3.05) is 0 Å². The van der Waals surface area contributed by atoms with E-state index < -0.39 is 0 Å². The molecule has 174 valence electrons. The Bertz CT molecular complexity index is 733. The zero-order valence-corrected chi connectivity index (χ0v) is 20.7. The van der Waals surface area contributed by atoms with Crippen molar-refractivity contribution >= 4 is 0 Å². The van der Waals surface area contributed by atoms with Crippen molar-refractivity contribution < 1.29 is 9.84 Å². The minimum Gasteiger partial charge on any atom is -0.470 e. The van der Waals surface area contributed by atoms with Crippen LogP contribution >= 0.6 is 0 Å². The third kappa shape index (κ3) is 3.96. The summed E-state index contributed by atoms with van der Waals surface area (Å²) in [7, 11) is 0. The molecule has 0 saturated heterocycles. The van der Waals surface area contributed by atoms with Crippen LogP contribution in [0.25, 0.3) is 0 Å². The van der Waals surface area contributed by atoms with Crippen molar-refractivity contribution in [2.45, 2.75) is 98.5 Å². The zero-order chi connectivity index (χ0) is 22.4. The SMILES string of the molecule is C=CO/C(=C\C[C@@H](C)[C@H]1CC[C@H]2[C@@H]3CC=C4C[C@@H](O)CC[C@]4(C)[C@H]3CC[C@]12C)C(C)C. The monoisotopic (exact) mass is 426 g/mol. The molecule has 0 unspecified atom stereocenters. The lowest BCUT2D eigenvalue weighted by Crippen LogP contribution is -2.50. The summed E-state index contributed by atoms with van der Waals surface area (Å²) in [5.41, 5.74) is 2.43. The van der Waals surface area contributed by atoms with Gasteiger partial charge in [-0.1, -0.05) is 52.8 Å².